The molecule has 1 saturated carbocycles. The zero-order valence-electron chi connectivity index (χ0n) is 19.7. The van der Waals surface area contributed by atoms with E-state index in [-0.39, 0.29) is 0 Å². The number of likely N-dealkylation sites (tertiary alicyclic amines) is 1. The van der Waals surface area contributed by atoms with E-state index in [4.69, 9.17) is 21.3 Å². The Bertz CT molecular complexity index is 904. The highest BCUT2D eigenvalue weighted by atomic mass is 35.5. The lowest BCUT2D eigenvalue weighted by molar-refractivity contribution is 0.277. The second-order valence-electron chi connectivity index (χ2n) is 8.92. The molecule has 2 heterocycles. The molecule has 0 unspecified atom stereocenters. The van der Waals surface area contributed by atoms with Gasteiger partial charge in [-0.1, -0.05) is 44.2 Å². The Hall–Kier alpha value is -2.32. The summed E-state index contributed by atoms with van der Waals surface area (Å²) in [6.07, 6.45) is 9.86. The van der Waals surface area contributed by atoms with Crippen molar-refractivity contribution in [1.29, 1.82) is 0 Å². The highest BCUT2D eigenvalue weighted by molar-refractivity contribution is 6.32. The van der Waals surface area contributed by atoms with E-state index < -0.39 is 0 Å². The highest BCUT2D eigenvalue weighted by Gasteiger charge is 2.23. The normalized spacial score (nSPS) is 19.8. The van der Waals surface area contributed by atoms with E-state index >= 15 is 0 Å². The first kappa shape index (κ1) is 23.8. The van der Waals surface area contributed by atoms with E-state index in [1.165, 1.54) is 45.1 Å². The highest BCUT2D eigenvalue weighted by Crippen LogP contribution is 2.29. The molecular weight excluding hydrogens is 438 g/mol. The van der Waals surface area contributed by atoms with E-state index in [1.807, 2.05) is 18.2 Å². The number of methoxy groups -OCH3 is 1. The quantitative estimate of drug-likeness (QED) is 0.422. The molecule has 4 rings (SSSR count). The number of ether oxygens (including phenoxy) is 1. The largest absolute Gasteiger partial charge is 0.495 e. The van der Waals surface area contributed by atoms with Crippen molar-refractivity contribution in [2.45, 2.75) is 70.4 Å². The maximum Gasteiger partial charge on any atom is 0.233 e. The Balaban J connectivity index is 1.52. The number of anilines is 4. The van der Waals surface area contributed by atoms with Gasteiger partial charge in [0.05, 0.1) is 12.1 Å². The van der Waals surface area contributed by atoms with E-state index in [0.717, 1.165) is 31.6 Å². The molecule has 33 heavy (non-hydrogen) atoms. The van der Waals surface area contributed by atoms with Gasteiger partial charge in [0, 0.05) is 24.3 Å². The van der Waals surface area contributed by atoms with Gasteiger partial charge in [0.2, 0.25) is 17.8 Å². The molecular formula is C24H36ClN7O. The Morgan fingerprint density at radius 2 is 1.76 bits per heavy atom. The lowest BCUT2D eigenvalue weighted by Crippen LogP contribution is -2.35. The van der Waals surface area contributed by atoms with Crippen LogP contribution in [0.25, 0.3) is 0 Å². The molecule has 0 amide bonds. The van der Waals surface area contributed by atoms with Crippen LogP contribution in [0.2, 0.25) is 5.02 Å². The first-order chi connectivity index (χ1) is 16.1. The van der Waals surface area contributed by atoms with Gasteiger partial charge in [-0.2, -0.15) is 15.0 Å². The average Bonchev–Trinajstić information content (AvgIpc) is 3.12. The third-order valence-electron chi connectivity index (χ3n) is 6.63. The number of nitrogens with one attached hydrogen (secondary N) is 3. The topological polar surface area (TPSA) is 87.2 Å². The molecule has 1 saturated heterocycles. The Kier molecular flexibility index (Phi) is 8.45. The molecule has 1 aromatic carbocycles. The first-order valence-corrected chi connectivity index (χ1v) is 12.6. The predicted molar refractivity (Wildman–Crippen MR) is 135 cm³/mol. The van der Waals surface area contributed by atoms with Gasteiger partial charge in [-0.05, 0) is 57.0 Å². The van der Waals surface area contributed by atoms with Crippen molar-refractivity contribution in [3.05, 3.63) is 23.2 Å². The fourth-order valence-electron chi connectivity index (χ4n) is 4.81. The second-order valence-corrected chi connectivity index (χ2v) is 9.33. The lowest BCUT2D eigenvalue weighted by atomic mass is 10.1. The van der Waals surface area contributed by atoms with Crippen molar-refractivity contribution in [2.75, 3.05) is 42.7 Å². The van der Waals surface area contributed by atoms with Crippen LogP contribution in [0, 0.1) is 0 Å². The number of nitrogens with zero attached hydrogens (tertiary/aromatic N) is 4. The van der Waals surface area contributed by atoms with Crippen LogP contribution in [0.1, 0.15) is 58.3 Å². The fraction of sp³-hybridized carbons (Fsp3) is 0.625. The van der Waals surface area contributed by atoms with Crippen LogP contribution in [0.3, 0.4) is 0 Å². The smallest absolute Gasteiger partial charge is 0.233 e. The number of halogens is 1. The molecule has 1 aliphatic carbocycles. The third-order valence-corrected chi connectivity index (χ3v) is 6.93. The van der Waals surface area contributed by atoms with Crippen molar-refractivity contribution < 1.29 is 4.74 Å². The summed E-state index contributed by atoms with van der Waals surface area (Å²) >= 11 is 6.30. The standard InChI is InChI=1S/C24H36ClN7O/c1-3-32-14-8-11-19(32)16-26-22-29-23(27-17-9-6-4-5-7-10-17)31-24(30-22)28-18-12-13-21(33-2)20(25)15-18/h12-13,15,17,19H,3-11,14,16H2,1-2H3,(H3,26,27,28,29,30,31)/t19-/m1/s1. The van der Waals surface area contributed by atoms with Crippen LogP contribution in [0.4, 0.5) is 23.5 Å². The van der Waals surface area contributed by atoms with E-state index in [2.05, 4.69) is 37.7 Å². The minimum Gasteiger partial charge on any atom is -0.495 e. The SMILES string of the molecule is CCN1CCC[C@@H]1CNc1nc(Nc2ccc(OC)c(Cl)c2)nc(NC2CCCCCC2)n1. The number of likely N-dealkylation sites (N-methyl/N-ethyl adjacent to an activating group) is 1. The molecule has 3 N–H and O–H groups in total. The van der Waals surface area contributed by atoms with Gasteiger partial charge in [0.25, 0.3) is 0 Å². The Morgan fingerprint density at radius 3 is 2.48 bits per heavy atom. The van der Waals surface area contributed by atoms with Gasteiger partial charge in [0.15, 0.2) is 0 Å². The average molecular weight is 474 g/mol. The van der Waals surface area contributed by atoms with Gasteiger partial charge in [-0.25, -0.2) is 0 Å². The van der Waals surface area contributed by atoms with Crippen LogP contribution in [-0.4, -0.2) is 58.7 Å². The zero-order valence-corrected chi connectivity index (χ0v) is 20.5. The van der Waals surface area contributed by atoms with Gasteiger partial charge in [0.1, 0.15) is 5.75 Å². The van der Waals surface area contributed by atoms with E-state index in [1.54, 1.807) is 7.11 Å². The molecule has 2 aromatic rings. The molecule has 1 aromatic heterocycles. The van der Waals surface area contributed by atoms with Gasteiger partial charge < -0.3 is 20.7 Å². The molecule has 8 nitrogen and oxygen atoms in total. The van der Waals surface area contributed by atoms with Crippen LogP contribution in [0.15, 0.2) is 18.2 Å². The van der Waals surface area contributed by atoms with Crippen LogP contribution < -0.4 is 20.7 Å². The van der Waals surface area contributed by atoms with Crippen molar-refractivity contribution >= 4 is 35.1 Å². The van der Waals surface area contributed by atoms with Crippen molar-refractivity contribution in [2.24, 2.45) is 0 Å². The van der Waals surface area contributed by atoms with Crippen molar-refractivity contribution in [1.82, 2.24) is 19.9 Å². The minimum atomic E-state index is 0.399. The molecule has 1 aliphatic heterocycles. The zero-order chi connectivity index (χ0) is 23.0. The molecule has 180 valence electrons. The molecule has 0 bridgehead atoms. The maximum absolute atomic E-state index is 6.30. The molecule has 1 atom stereocenters. The van der Waals surface area contributed by atoms with E-state index in [0.29, 0.717) is 40.7 Å². The molecule has 9 heteroatoms. The second kappa shape index (κ2) is 11.7. The van der Waals surface area contributed by atoms with Gasteiger partial charge >= 0.3 is 0 Å². The van der Waals surface area contributed by atoms with Crippen LogP contribution >= 0.6 is 11.6 Å². The molecule has 0 radical (unpaired) electrons. The third kappa shape index (κ3) is 6.60. The first-order valence-electron chi connectivity index (χ1n) is 12.3. The minimum absolute atomic E-state index is 0.399. The number of aromatic nitrogens is 3. The summed E-state index contributed by atoms with van der Waals surface area (Å²) in [5, 5.41) is 10.8. The lowest BCUT2D eigenvalue weighted by Gasteiger charge is -2.23. The monoisotopic (exact) mass is 473 g/mol. The maximum atomic E-state index is 6.30. The van der Waals surface area contributed by atoms with Crippen molar-refractivity contribution in [3.8, 4) is 5.75 Å². The summed E-state index contributed by atoms with van der Waals surface area (Å²) in [5.74, 6) is 2.32. The summed E-state index contributed by atoms with van der Waals surface area (Å²) in [4.78, 5) is 16.5. The molecule has 2 fully saturated rings. The number of hydrogen-bond acceptors (Lipinski definition) is 8. The summed E-state index contributed by atoms with van der Waals surface area (Å²) < 4.78 is 5.26. The van der Waals surface area contributed by atoms with Gasteiger partial charge in [-0.3, -0.25) is 4.90 Å². The number of benzene rings is 1. The van der Waals surface area contributed by atoms with E-state index in [9.17, 15) is 0 Å². The Morgan fingerprint density at radius 1 is 1.00 bits per heavy atom. The number of rotatable bonds is 9. The summed E-state index contributed by atoms with van der Waals surface area (Å²) in [7, 11) is 1.60. The molecule has 0 spiro atoms. The predicted octanol–water partition coefficient (Wildman–Crippen LogP) is 5.31. The summed E-state index contributed by atoms with van der Waals surface area (Å²) in [6.45, 7) is 5.29. The van der Waals surface area contributed by atoms with Crippen LogP contribution in [0.5, 0.6) is 5.75 Å². The number of hydrogen-bond donors (Lipinski definition) is 3. The Labute approximate surface area is 201 Å². The fourth-order valence-corrected chi connectivity index (χ4v) is 5.06. The molecule has 2 aliphatic rings. The summed E-state index contributed by atoms with van der Waals surface area (Å²) in [6, 6.07) is 6.46. The van der Waals surface area contributed by atoms with Gasteiger partial charge in [-0.15, -0.1) is 0 Å². The van der Waals surface area contributed by atoms with Crippen molar-refractivity contribution in [3.63, 3.8) is 0 Å². The summed E-state index contributed by atoms with van der Waals surface area (Å²) in [5.41, 5.74) is 0.798. The van der Waals surface area contributed by atoms with Crippen LogP contribution in [-0.2, 0) is 0 Å².